The zero-order valence-corrected chi connectivity index (χ0v) is 17.6. The highest BCUT2D eigenvalue weighted by Gasteiger charge is 2.28. The summed E-state index contributed by atoms with van der Waals surface area (Å²) in [6.45, 7) is 2.91. The van der Waals surface area contributed by atoms with Crippen molar-refractivity contribution in [2.75, 3.05) is 26.3 Å². The molecule has 5 rings (SSSR count). The van der Waals surface area contributed by atoms with Gasteiger partial charge in [-0.2, -0.15) is 0 Å². The van der Waals surface area contributed by atoms with Crippen molar-refractivity contribution in [2.45, 2.75) is 37.7 Å². The van der Waals surface area contributed by atoms with Gasteiger partial charge in [-0.25, -0.2) is 4.98 Å². The van der Waals surface area contributed by atoms with Gasteiger partial charge in [0.25, 0.3) is 5.91 Å². The Morgan fingerprint density at radius 3 is 2.58 bits per heavy atom. The number of pyridine rings is 2. The molecule has 0 radical (unpaired) electrons. The third-order valence-electron chi connectivity index (χ3n) is 6.35. The average Bonchev–Trinajstić information content (AvgIpc) is 2.85. The van der Waals surface area contributed by atoms with Crippen molar-refractivity contribution in [3.05, 3.63) is 66.1 Å². The maximum atomic E-state index is 13.1. The summed E-state index contributed by atoms with van der Waals surface area (Å²) in [6, 6.07) is 13.9. The van der Waals surface area contributed by atoms with E-state index in [1.54, 1.807) is 12.4 Å². The molecule has 0 saturated carbocycles. The van der Waals surface area contributed by atoms with Gasteiger partial charge in [0.05, 0.1) is 0 Å². The van der Waals surface area contributed by atoms with Crippen molar-refractivity contribution in [1.82, 2.24) is 14.9 Å². The van der Waals surface area contributed by atoms with Crippen LogP contribution in [-0.4, -0.2) is 53.2 Å². The van der Waals surface area contributed by atoms with Crippen LogP contribution in [0.1, 0.15) is 47.7 Å². The lowest BCUT2D eigenvalue weighted by Gasteiger charge is -2.33. The Balaban J connectivity index is 1.25. The number of ether oxygens (including phenoxy) is 2. The molecule has 1 aromatic carbocycles. The number of carbonyl (C=O) groups excluding carboxylic acids is 1. The Labute approximate surface area is 182 Å². The van der Waals surface area contributed by atoms with Gasteiger partial charge < -0.3 is 14.4 Å². The molecule has 3 aromatic rings. The number of benzene rings is 1. The van der Waals surface area contributed by atoms with Crippen LogP contribution in [0, 0.1) is 0 Å². The van der Waals surface area contributed by atoms with Gasteiger partial charge in [0.2, 0.25) is 5.88 Å². The lowest BCUT2D eigenvalue weighted by atomic mass is 9.92. The second-order valence-corrected chi connectivity index (χ2v) is 8.27. The van der Waals surface area contributed by atoms with Crippen LogP contribution in [0.3, 0.4) is 0 Å². The molecule has 0 atom stereocenters. The van der Waals surface area contributed by atoms with E-state index in [0.717, 1.165) is 55.5 Å². The fraction of sp³-hybridized carbons (Fsp3) is 0.400. The molecule has 0 N–H and O–H groups in total. The fourth-order valence-electron chi connectivity index (χ4n) is 4.60. The maximum Gasteiger partial charge on any atom is 0.273 e. The molecule has 2 aromatic heterocycles. The zero-order chi connectivity index (χ0) is 21.0. The fourth-order valence-corrected chi connectivity index (χ4v) is 4.60. The van der Waals surface area contributed by atoms with E-state index in [9.17, 15) is 4.79 Å². The normalized spacial score (nSPS) is 18.3. The number of rotatable bonds is 4. The summed E-state index contributed by atoms with van der Waals surface area (Å²) in [5.41, 5.74) is 1.72. The van der Waals surface area contributed by atoms with Crippen molar-refractivity contribution in [3.8, 4) is 5.88 Å². The van der Waals surface area contributed by atoms with E-state index in [4.69, 9.17) is 9.47 Å². The van der Waals surface area contributed by atoms with Crippen LogP contribution in [0.5, 0.6) is 5.88 Å². The van der Waals surface area contributed by atoms with Gasteiger partial charge >= 0.3 is 0 Å². The van der Waals surface area contributed by atoms with E-state index < -0.39 is 0 Å². The first-order valence-corrected chi connectivity index (χ1v) is 11.1. The van der Waals surface area contributed by atoms with Gasteiger partial charge in [0.15, 0.2) is 0 Å². The van der Waals surface area contributed by atoms with E-state index in [1.165, 1.54) is 5.56 Å². The van der Waals surface area contributed by atoms with Gasteiger partial charge in [-0.15, -0.1) is 0 Å². The van der Waals surface area contributed by atoms with Gasteiger partial charge in [0, 0.05) is 62.5 Å². The first-order chi connectivity index (χ1) is 15.3. The molecule has 160 valence electrons. The minimum Gasteiger partial charge on any atom is -0.474 e. The molecular formula is C25H27N3O3. The van der Waals surface area contributed by atoms with Crippen LogP contribution in [0.2, 0.25) is 0 Å². The van der Waals surface area contributed by atoms with Crippen molar-refractivity contribution in [2.24, 2.45) is 0 Å². The monoisotopic (exact) mass is 417 g/mol. The molecule has 0 aliphatic carbocycles. The highest BCUT2D eigenvalue weighted by Crippen LogP contribution is 2.33. The summed E-state index contributed by atoms with van der Waals surface area (Å²) < 4.78 is 11.8. The standard InChI is InChI=1S/C25H27N3O3/c29-25(23-21-5-2-1-4-18(21)7-13-26-23)28-14-8-20(9-15-28)31-24-22(6-3-12-27-24)19-10-16-30-17-11-19/h1-7,12-13,19-20H,8-11,14-17H2. The van der Waals surface area contributed by atoms with Crippen molar-refractivity contribution in [1.29, 1.82) is 0 Å². The first-order valence-electron chi connectivity index (χ1n) is 11.1. The predicted octanol–water partition coefficient (Wildman–Crippen LogP) is 4.21. The van der Waals surface area contributed by atoms with Crippen LogP contribution >= 0.6 is 0 Å². The Bertz CT molecular complexity index is 1050. The van der Waals surface area contributed by atoms with Crippen LogP contribution in [0.25, 0.3) is 10.8 Å². The Morgan fingerprint density at radius 2 is 1.74 bits per heavy atom. The average molecular weight is 418 g/mol. The predicted molar refractivity (Wildman–Crippen MR) is 118 cm³/mol. The third-order valence-corrected chi connectivity index (χ3v) is 6.35. The van der Waals surface area contributed by atoms with Crippen LogP contribution in [-0.2, 0) is 4.74 Å². The van der Waals surface area contributed by atoms with Crippen molar-refractivity contribution < 1.29 is 14.3 Å². The second kappa shape index (κ2) is 9.02. The lowest BCUT2D eigenvalue weighted by Crippen LogP contribution is -2.42. The molecule has 0 spiro atoms. The molecule has 2 fully saturated rings. The smallest absolute Gasteiger partial charge is 0.273 e. The number of aromatic nitrogens is 2. The largest absolute Gasteiger partial charge is 0.474 e. The van der Waals surface area contributed by atoms with Gasteiger partial charge in [-0.3, -0.25) is 9.78 Å². The summed E-state index contributed by atoms with van der Waals surface area (Å²) in [7, 11) is 0. The van der Waals surface area contributed by atoms with Gasteiger partial charge in [0.1, 0.15) is 11.8 Å². The number of piperidine rings is 1. The summed E-state index contributed by atoms with van der Waals surface area (Å²) in [5.74, 6) is 1.18. The van der Waals surface area contributed by atoms with E-state index in [1.807, 2.05) is 41.3 Å². The maximum absolute atomic E-state index is 13.1. The topological polar surface area (TPSA) is 64.6 Å². The molecule has 4 heterocycles. The quantitative estimate of drug-likeness (QED) is 0.636. The van der Waals surface area contributed by atoms with Gasteiger partial charge in [-0.1, -0.05) is 30.3 Å². The molecule has 2 aliphatic rings. The number of fused-ring (bicyclic) bond motifs is 1. The Morgan fingerprint density at radius 1 is 0.935 bits per heavy atom. The summed E-state index contributed by atoms with van der Waals surface area (Å²) in [4.78, 5) is 24.0. The Kier molecular flexibility index (Phi) is 5.80. The second-order valence-electron chi connectivity index (χ2n) is 8.27. The van der Waals surface area contributed by atoms with Crippen LogP contribution in [0.15, 0.2) is 54.9 Å². The number of carbonyl (C=O) groups is 1. The minimum atomic E-state index is -0.00372. The third kappa shape index (κ3) is 4.26. The summed E-state index contributed by atoms with van der Waals surface area (Å²) in [5, 5.41) is 1.94. The minimum absolute atomic E-state index is 0.00372. The number of likely N-dealkylation sites (tertiary alicyclic amines) is 1. The highest BCUT2D eigenvalue weighted by molar-refractivity contribution is 6.05. The molecule has 6 heteroatoms. The number of hydrogen-bond acceptors (Lipinski definition) is 5. The molecule has 2 aliphatic heterocycles. The number of amides is 1. The zero-order valence-electron chi connectivity index (χ0n) is 17.6. The molecule has 0 bridgehead atoms. The molecule has 2 saturated heterocycles. The molecule has 6 nitrogen and oxygen atoms in total. The SMILES string of the molecule is O=C(c1nccc2ccccc12)N1CCC(Oc2ncccc2C2CCOCC2)CC1. The van der Waals surface area contributed by atoms with E-state index in [2.05, 4.69) is 16.0 Å². The van der Waals surface area contributed by atoms with Gasteiger partial charge in [-0.05, 0) is 36.3 Å². The molecule has 0 unspecified atom stereocenters. The van der Waals surface area contributed by atoms with Crippen LogP contribution < -0.4 is 4.74 Å². The van der Waals surface area contributed by atoms with Crippen molar-refractivity contribution >= 4 is 16.7 Å². The number of hydrogen-bond donors (Lipinski definition) is 0. The van der Waals surface area contributed by atoms with E-state index >= 15 is 0 Å². The van der Waals surface area contributed by atoms with Crippen LogP contribution in [0.4, 0.5) is 0 Å². The molecule has 1 amide bonds. The first kappa shape index (κ1) is 19.9. The lowest BCUT2D eigenvalue weighted by molar-refractivity contribution is 0.0575. The van der Waals surface area contributed by atoms with Crippen molar-refractivity contribution in [3.63, 3.8) is 0 Å². The number of nitrogens with zero attached hydrogens (tertiary/aromatic N) is 3. The summed E-state index contributed by atoms with van der Waals surface area (Å²) in [6.07, 6.45) is 7.17. The Hall–Kier alpha value is -2.99. The highest BCUT2D eigenvalue weighted by atomic mass is 16.5. The van der Waals surface area contributed by atoms with E-state index in [-0.39, 0.29) is 12.0 Å². The molecule has 31 heavy (non-hydrogen) atoms. The van der Waals surface area contributed by atoms with E-state index in [0.29, 0.717) is 24.7 Å². The summed E-state index contributed by atoms with van der Waals surface area (Å²) >= 11 is 0. The molecular weight excluding hydrogens is 390 g/mol.